The highest BCUT2D eigenvalue weighted by molar-refractivity contribution is 6.02. The monoisotopic (exact) mass is 1610 g/mol. The summed E-state index contributed by atoms with van der Waals surface area (Å²) < 4.78 is 5.38. The highest BCUT2D eigenvalue weighted by atomic mass is 16.5. The van der Waals surface area contributed by atoms with Crippen LogP contribution in [-0.4, -0.2) is 183 Å². The van der Waals surface area contributed by atoms with E-state index < -0.39 is 0 Å². The molecule has 119 heavy (non-hydrogen) atoms. The molecule has 0 spiro atoms. The van der Waals surface area contributed by atoms with Gasteiger partial charge < -0.3 is 72.8 Å². The molecule has 8 aromatic rings. The molecule has 4 amide bonds. The second-order valence-corrected chi connectivity index (χ2v) is 30.7. The quantitative estimate of drug-likeness (QED) is 0.0213. The molecule has 11 N–H and O–H groups in total. The van der Waals surface area contributed by atoms with E-state index in [1.54, 1.807) is 43.2 Å². The predicted molar refractivity (Wildman–Crippen MR) is 464 cm³/mol. The topological polar surface area (TPSA) is 379 Å². The summed E-state index contributed by atoms with van der Waals surface area (Å²) in [5, 5.41) is 41.0. The molecule has 2 aliphatic heterocycles. The third-order valence-electron chi connectivity index (χ3n) is 21.5. The number of nitrogens with zero attached hydrogens (tertiary/aromatic N) is 14. The molecule has 6 aliphatic rings. The lowest BCUT2D eigenvalue weighted by atomic mass is 9.89. The van der Waals surface area contributed by atoms with Gasteiger partial charge >= 0.3 is 0 Å². The van der Waals surface area contributed by atoms with Gasteiger partial charge in [-0.3, -0.25) is 19.2 Å². The third kappa shape index (κ3) is 27.5. The minimum absolute atomic E-state index is 0.0216. The molecule has 30 nitrogen and oxygen atoms in total. The van der Waals surface area contributed by atoms with Crippen molar-refractivity contribution in [2.24, 2.45) is 23.7 Å². The van der Waals surface area contributed by atoms with Gasteiger partial charge in [-0.25, -0.2) is 59.8 Å². The van der Waals surface area contributed by atoms with Crippen molar-refractivity contribution in [3.8, 4) is 49.4 Å². The van der Waals surface area contributed by atoms with Crippen LogP contribution >= 0.6 is 0 Å². The number of anilines is 12. The zero-order valence-corrected chi connectivity index (χ0v) is 68.2. The Labute approximate surface area is 697 Å². The number of rotatable bonds is 27. The number of hydrogen-bond donors (Lipinski definition) is 11. The van der Waals surface area contributed by atoms with Gasteiger partial charge in [0, 0.05) is 114 Å². The molecule has 0 unspecified atom stereocenters. The van der Waals surface area contributed by atoms with E-state index in [2.05, 4.69) is 137 Å². The van der Waals surface area contributed by atoms with Crippen molar-refractivity contribution in [3.63, 3.8) is 0 Å². The number of morpholine rings is 1. The van der Waals surface area contributed by atoms with E-state index in [0.717, 1.165) is 69.2 Å². The standard InChI is InChI=1S/C23H28N6O2.C23H28N6O.C22H28N6O.C21H26N6O2/c1-2-18-14-26-22(16-24-18)28-21-12-20(25-13-17-6-4-3-5-7-17)19(15-27-21)23(30)29-8-10-31-11-9-29;1-2-18-14-26-22(16-24-18)28-21-12-20(25-13-17-8-4-3-5-9-17)19(15-27-21)23(30)29-10-6-7-11-29;1-4-17-12-25-21(14-23-17)28-20-10-19(24-11-16-8-6-5-7-9-16)18(13-26-20)22(29)27-15(2)3;1-2-16-12-25-20(14-23-16)27-19-10-18(24-11-15-6-4-3-5-7-15)17(13-26-19)21(29)22-8-9-28/h1,12,14-17H,3-11,13H2,(H2,25,26,27,28);1,12,14-17H,3-11,13H2,(H2,25,26,27,28);1,10,12-16H,5-9,11H2,2-3H3,(H,27,29)(H2,24,25,26,28);1,10,12-15,28H,3-9,11H2,(H,22,29)(H2,24,25,26,27). The lowest BCUT2D eigenvalue weighted by molar-refractivity contribution is 0.0303. The van der Waals surface area contributed by atoms with Crippen LogP contribution in [0.5, 0.6) is 0 Å². The first-order chi connectivity index (χ1) is 58.2. The molecule has 8 aromatic heterocycles. The van der Waals surface area contributed by atoms with Gasteiger partial charge in [0.05, 0.1) is 114 Å². The van der Waals surface area contributed by atoms with E-state index >= 15 is 0 Å². The van der Waals surface area contributed by atoms with Crippen LogP contribution < -0.4 is 53.2 Å². The number of aromatic nitrogens is 12. The van der Waals surface area contributed by atoms with Crippen LogP contribution in [0.1, 0.15) is 219 Å². The number of likely N-dealkylation sites (tertiary alicyclic amines) is 1. The fourth-order valence-corrected chi connectivity index (χ4v) is 15.0. The van der Waals surface area contributed by atoms with Crippen molar-refractivity contribution in [2.45, 2.75) is 161 Å². The third-order valence-corrected chi connectivity index (χ3v) is 21.5. The summed E-state index contributed by atoms with van der Waals surface area (Å²) in [7, 11) is 0. The first-order valence-electron chi connectivity index (χ1n) is 41.7. The number of ether oxygens (including phenoxy) is 1. The van der Waals surface area contributed by atoms with Crippen molar-refractivity contribution >= 4 is 92.9 Å². The maximum atomic E-state index is 13.1. The van der Waals surface area contributed by atoms with Gasteiger partial charge in [0.15, 0.2) is 0 Å². The summed E-state index contributed by atoms with van der Waals surface area (Å²) in [6.07, 6.45) is 67.4. The molecule has 2 saturated heterocycles. The van der Waals surface area contributed by atoms with Crippen LogP contribution in [0.15, 0.2) is 98.6 Å². The first-order valence-corrected chi connectivity index (χ1v) is 41.7. The zero-order valence-electron chi connectivity index (χ0n) is 68.2. The zero-order chi connectivity index (χ0) is 83.3. The number of aliphatic hydroxyl groups excluding tert-OH is 1. The van der Waals surface area contributed by atoms with E-state index in [1.165, 1.54) is 166 Å². The molecule has 30 heteroatoms. The molecule has 0 aromatic carbocycles. The summed E-state index contributed by atoms with van der Waals surface area (Å²) in [6.45, 7) is 11.3. The number of carbonyl (C=O) groups excluding carboxylic acids is 4. The second kappa shape index (κ2) is 46.3. The van der Waals surface area contributed by atoms with E-state index in [0.29, 0.717) is 147 Å². The van der Waals surface area contributed by atoms with Crippen LogP contribution in [0, 0.1) is 73.0 Å². The maximum absolute atomic E-state index is 13.1. The summed E-state index contributed by atoms with van der Waals surface area (Å²) in [5.74, 6) is 16.4. The molecule has 4 saturated carbocycles. The van der Waals surface area contributed by atoms with Crippen LogP contribution in [0.2, 0.25) is 0 Å². The molecule has 0 atom stereocenters. The summed E-state index contributed by atoms with van der Waals surface area (Å²) >= 11 is 0. The Morgan fingerprint density at radius 3 is 0.950 bits per heavy atom. The van der Waals surface area contributed by atoms with E-state index in [4.69, 9.17) is 35.5 Å². The molecule has 10 heterocycles. The van der Waals surface area contributed by atoms with Gasteiger partial charge in [-0.1, -0.05) is 77.0 Å². The molecule has 0 radical (unpaired) electrons. The van der Waals surface area contributed by atoms with Gasteiger partial charge in [0.25, 0.3) is 23.6 Å². The van der Waals surface area contributed by atoms with Gasteiger partial charge in [0.1, 0.15) is 69.3 Å². The molecular weight excluding hydrogens is 1500 g/mol. The van der Waals surface area contributed by atoms with Gasteiger partial charge in [-0.05, 0) is 125 Å². The average Bonchev–Trinajstić information content (AvgIpc) is 1.64. The number of carbonyl (C=O) groups is 4. The molecule has 4 aliphatic carbocycles. The van der Waals surface area contributed by atoms with Crippen molar-refractivity contribution in [1.82, 2.24) is 80.2 Å². The van der Waals surface area contributed by atoms with E-state index in [9.17, 15) is 19.2 Å². The molecule has 0 bridgehead atoms. The molecule has 6 fully saturated rings. The second-order valence-electron chi connectivity index (χ2n) is 30.7. The fraction of sp³-hybridized carbons (Fsp3) is 0.461. The molecule has 14 rings (SSSR count). The average molecular weight is 1610 g/mol. The maximum Gasteiger partial charge on any atom is 0.257 e. The van der Waals surface area contributed by atoms with Crippen LogP contribution in [0.25, 0.3) is 0 Å². The van der Waals surface area contributed by atoms with Gasteiger partial charge in [0.2, 0.25) is 0 Å². The number of terminal acetylenes is 4. The van der Waals surface area contributed by atoms with E-state index in [-0.39, 0.29) is 42.8 Å². The minimum Gasteiger partial charge on any atom is -0.395 e. The van der Waals surface area contributed by atoms with Gasteiger partial charge in [-0.2, -0.15) is 0 Å². The van der Waals surface area contributed by atoms with Crippen molar-refractivity contribution in [3.05, 3.63) is 144 Å². The normalized spacial score (nSPS) is 15.6. The van der Waals surface area contributed by atoms with Crippen molar-refractivity contribution in [2.75, 3.05) is 121 Å². The summed E-state index contributed by atoms with van der Waals surface area (Å²) in [6, 6.07) is 7.44. The Balaban J connectivity index is 0.000000155. The lowest BCUT2D eigenvalue weighted by Crippen LogP contribution is -2.41. The molecular formula is C89H110N24O6. The number of nitrogens with one attached hydrogen (secondary N) is 10. The van der Waals surface area contributed by atoms with E-state index in [1.807, 2.05) is 41.8 Å². The number of hydrogen-bond acceptors (Lipinski definition) is 26. The summed E-state index contributed by atoms with van der Waals surface area (Å²) in [4.78, 5) is 106. The minimum atomic E-state index is -0.276. The van der Waals surface area contributed by atoms with Crippen LogP contribution in [-0.2, 0) is 4.74 Å². The van der Waals surface area contributed by atoms with Crippen LogP contribution in [0.3, 0.4) is 0 Å². The SMILES string of the molecule is C#Cc1cnc(Nc2cc(NCC3CCCCC3)c(C(=O)N3CCCC3)cn2)cn1.C#Cc1cnc(Nc2cc(NCC3CCCCC3)c(C(=O)N3CCOCC3)cn2)cn1.C#Cc1cnc(Nc2cc(NCC3CCCCC3)c(C(=O)NC(C)C)cn2)cn1.C#Cc1cnc(Nc2cc(NCC3CCCCC3)c(C(=O)NCCO)cn2)cn1. The number of aliphatic hydroxyl groups is 1. The number of pyridine rings is 4. The smallest absolute Gasteiger partial charge is 0.257 e. The molecule has 622 valence electrons. The Morgan fingerprint density at radius 1 is 0.378 bits per heavy atom. The fourth-order valence-electron chi connectivity index (χ4n) is 15.0. The largest absolute Gasteiger partial charge is 0.395 e. The lowest BCUT2D eigenvalue weighted by Gasteiger charge is -2.28. The highest BCUT2D eigenvalue weighted by Gasteiger charge is 2.27. The Hall–Kier alpha value is -12.6. The summed E-state index contributed by atoms with van der Waals surface area (Å²) in [5.41, 5.74) is 7.13. The van der Waals surface area contributed by atoms with Gasteiger partial charge in [-0.15, -0.1) is 25.7 Å². The Bertz CT molecular complexity index is 4760. The van der Waals surface area contributed by atoms with Crippen molar-refractivity contribution < 1.29 is 29.0 Å². The predicted octanol–water partition coefficient (Wildman–Crippen LogP) is 12.9. The Kier molecular flexibility index (Phi) is 34.0. The highest BCUT2D eigenvalue weighted by Crippen LogP contribution is 2.33. The van der Waals surface area contributed by atoms with Crippen molar-refractivity contribution in [1.29, 1.82) is 0 Å². The number of amides is 4. The Morgan fingerprint density at radius 2 is 0.664 bits per heavy atom. The first kappa shape index (κ1) is 87.2. The van der Waals surface area contributed by atoms with Crippen LogP contribution in [0.4, 0.5) is 69.3 Å².